The Kier molecular flexibility index (Phi) is 4.59. The van der Waals surface area contributed by atoms with Gasteiger partial charge in [-0.15, -0.1) is 0 Å². The van der Waals surface area contributed by atoms with Gasteiger partial charge in [0.1, 0.15) is 0 Å². The van der Waals surface area contributed by atoms with E-state index in [1.807, 2.05) is 11.9 Å². The third-order valence-corrected chi connectivity index (χ3v) is 5.65. The van der Waals surface area contributed by atoms with Gasteiger partial charge in [0, 0.05) is 32.2 Å². The van der Waals surface area contributed by atoms with Crippen molar-refractivity contribution in [2.24, 2.45) is 0 Å². The Hall–Kier alpha value is -2.52. The molecule has 8 nitrogen and oxygen atoms in total. The first kappa shape index (κ1) is 18.8. The highest BCUT2D eigenvalue weighted by molar-refractivity contribution is 6.38. The summed E-state index contributed by atoms with van der Waals surface area (Å²) >= 11 is 6.63. The van der Waals surface area contributed by atoms with Gasteiger partial charge < -0.3 is 29.9 Å². The molecular weight excluding hydrogens is 391 g/mol. The van der Waals surface area contributed by atoms with E-state index in [1.165, 1.54) is 6.20 Å². The number of rotatable bonds is 3. The molecule has 1 aromatic carbocycles. The fourth-order valence-electron chi connectivity index (χ4n) is 3.64. The largest absolute Gasteiger partial charge is 0.511 e. The van der Waals surface area contributed by atoms with Crippen LogP contribution < -0.4 is 20.8 Å². The van der Waals surface area contributed by atoms with Gasteiger partial charge >= 0.3 is 6.16 Å². The summed E-state index contributed by atoms with van der Waals surface area (Å²) in [6.07, 6.45) is 1.37. The monoisotopic (exact) mass is 410 g/mol. The number of carbonyl (C=O) groups is 1. The number of pyridine rings is 1. The third-order valence-electron chi connectivity index (χ3n) is 5.29. The van der Waals surface area contributed by atoms with Crippen molar-refractivity contribution in [1.29, 1.82) is 0 Å². The third kappa shape index (κ3) is 3.04. The van der Waals surface area contributed by atoms with Crippen molar-refractivity contribution in [3.8, 4) is 5.75 Å². The van der Waals surface area contributed by atoms with Crippen LogP contribution in [0.5, 0.6) is 5.75 Å². The van der Waals surface area contributed by atoms with E-state index in [0.717, 1.165) is 25.9 Å². The van der Waals surface area contributed by atoms with Crippen molar-refractivity contribution >= 4 is 40.0 Å². The van der Waals surface area contributed by atoms with Gasteiger partial charge in [0.2, 0.25) is 5.43 Å². The molecule has 0 amide bonds. The zero-order valence-corrected chi connectivity index (χ0v) is 16.0. The topological polar surface area (TPSA) is 101 Å². The second kappa shape index (κ2) is 6.82. The maximum absolute atomic E-state index is 15.2. The van der Waals surface area contributed by atoms with Gasteiger partial charge in [-0.1, -0.05) is 11.6 Å². The summed E-state index contributed by atoms with van der Waals surface area (Å²) in [6.45, 7) is 2.64. The van der Waals surface area contributed by atoms with Gasteiger partial charge in [-0.3, -0.25) is 4.79 Å². The molecule has 28 heavy (non-hydrogen) atoms. The maximum atomic E-state index is 15.2. The first-order chi connectivity index (χ1) is 13.3. The van der Waals surface area contributed by atoms with Crippen LogP contribution >= 0.6 is 11.6 Å². The van der Waals surface area contributed by atoms with E-state index in [9.17, 15) is 9.59 Å². The van der Waals surface area contributed by atoms with Gasteiger partial charge in [-0.05, 0) is 19.9 Å². The van der Waals surface area contributed by atoms with Gasteiger partial charge in [-0.2, -0.15) is 0 Å². The van der Waals surface area contributed by atoms with E-state index in [0.29, 0.717) is 18.6 Å². The van der Waals surface area contributed by atoms with Gasteiger partial charge in [0.25, 0.3) is 0 Å². The van der Waals surface area contributed by atoms with Crippen LogP contribution in [0.15, 0.2) is 11.0 Å². The Morgan fingerprint density at radius 1 is 1.32 bits per heavy atom. The number of halogens is 2. The minimum absolute atomic E-state index is 0.0296. The van der Waals surface area contributed by atoms with E-state index in [2.05, 4.69) is 9.64 Å². The number of hydrogen-bond acceptors (Lipinski definition) is 6. The molecule has 3 N–H and O–H groups in total. The summed E-state index contributed by atoms with van der Waals surface area (Å²) in [5.41, 5.74) is 5.39. The molecule has 4 rings (SSSR count). The second-order valence-corrected chi connectivity index (χ2v) is 7.61. The number of nitrogens with two attached hydrogens (primary N) is 1. The standard InChI is InChI=1S/C18H20ClFN4O4/c1-22-4-6-23(7-5-22)16-12(19)15-11(14(21)13(16)20)17(25)10(28-18(26)27)8-24(15)9-2-3-9/h8-9H,2-7,21H2,1H3,(H,26,27). The highest BCUT2D eigenvalue weighted by Crippen LogP contribution is 2.45. The number of aromatic nitrogens is 1. The van der Waals surface area contributed by atoms with Gasteiger partial charge in [0.15, 0.2) is 11.6 Å². The Balaban J connectivity index is 1.99. The molecule has 1 saturated heterocycles. The molecule has 1 aromatic heterocycles. The first-order valence-corrected chi connectivity index (χ1v) is 9.37. The number of ether oxygens (including phenoxy) is 1. The quantitative estimate of drug-likeness (QED) is 0.592. The molecule has 0 bridgehead atoms. The van der Waals surface area contributed by atoms with E-state index in [1.54, 1.807) is 4.57 Å². The van der Waals surface area contributed by atoms with Crippen LogP contribution in [0, 0.1) is 5.82 Å². The second-order valence-electron chi connectivity index (χ2n) is 7.23. The van der Waals surface area contributed by atoms with Gasteiger partial charge in [-0.25, -0.2) is 9.18 Å². The summed E-state index contributed by atoms with van der Waals surface area (Å²) in [5, 5.41) is 8.87. The predicted molar refractivity (Wildman–Crippen MR) is 104 cm³/mol. The number of fused-ring (bicyclic) bond motifs is 1. The van der Waals surface area contributed by atoms with Crippen molar-refractivity contribution < 1.29 is 19.0 Å². The highest BCUT2D eigenvalue weighted by atomic mass is 35.5. The minimum Gasteiger partial charge on any atom is -0.449 e. The van der Waals surface area contributed by atoms with Crippen molar-refractivity contribution in [2.45, 2.75) is 18.9 Å². The molecule has 1 saturated carbocycles. The lowest BCUT2D eigenvalue weighted by Crippen LogP contribution is -2.45. The minimum atomic E-state index is -1.63. The number of likely N-dealkylation sites (N-methyl/N-ethyl adjacent to an activating group) is 1. The number of nitrogens with zero attached hydrogens (tertiary/aromatic N) is 3. The Morgan fingerprint density at radius 2 is 1.96 bits per heavy atom. The number of hydrogen-bond donors (Lipinski definition) is 2. The van der Waals surface area contributed by atoms with Crippen LogP contribution in [0.3, 0.4) is 0 Å². The molecule has 0 atom stereocenters. The number of piperazine rings is 1. The van der Waals surface area contributed by atoms with Gasteiger partial charge in [0.05, 0.1) is 33.5 Å². The average molecular weight is 411 g/mol. The molecule has 0 spiro atoms. The summed E-state index contributed by atoms with van der Waals surface area (Å²) in [6, 6.07) is 0.0296. The van der Waals surface area contributed by atoms with Crippen LogP contribution in [0.4, 0.5) is 20.6 Å². The summed E-state index contributed by atoms with van der Waals surface area (Å²) in [5.74, 6) is -1.18. The fourth-order valence-corrected chi connectivity index (χ4v) is 4.04. The molecule has 0 unspecified atom stereocenters. The van der Waals surface area contributed by atoms with E-state index in [4.69, 9.17) is 22.4 Å². The maximum Gasteiger partial charge on any atom is 0.511 e. The van der Waals surface area contributed by atoms with Crippen LogP contribution in [0.1, 0.15) is 18.9 Å². The Morgan fingerprint density at radius 3 is 2.54 bits per heavy atom. The number of anilines is 2. The SMILES string of the molecule is CN1CCN(c2c(F)c(N)c3c(=O)c(OC(=O)O)cn(C4CC4)c3c2Cl)CC1. The molecule has 0 radical (unpaired) electrons. The van der Waals surface area contributed by atoms with Crippen molar-refractivity contribution in [3.05, 3.63) is 27.3 Å². The smallest absolute Gasteiger partial charge is 0.449 e. The molecule has 2 heterocycles. The summed E-state index contributed by atoms with van der Waals surface area (Å²) < 4.78 is 21.5. The zero-order chi connectivity index (χ0) is 20.2. The van der Waals surface area contributed by atoms with E-state index >= 15 is 4.39 Å². The highest BCUT2D eigenvalue weighted by Gasteiger charge is 2.32. The van der Waals surface area contributed by atoms with Crippen molar-refractivity contribution in [2.75, 3.05) is 43.9 Å². The predicted octanol–water partition coefficient (Wildman–Crippen LogP) is 2.52. The lowest BCUT2D eigenvalue weighted by molar-refractivity contribution is 0.143. The van der Waals surface area contributed by atoms with Crippen molar-refractivity contribution in [3.63, 3.8) is 0 Å². The zero-order valence-electron chi connectivity index (χ0n) is 15.2. The lowest BCUT2D eigenvalue weighted by atomic mass is 10.1. The molecule has 1 aliphatic carbocycles. The van der Waals surface area contributed by atoms with Crippen molar-refractivity contribution in [1.82, 2.24) is 9.47 Å². The molecule has 2 aromatic rings. The summed E-state index contributed by atoms with van der Waals surface area (Å²) in [4.78, 5) is 27.7. The van der Waals surface area contributed by atoms with Crippen LogP contribution in [-0.2, 0) is 0 Å². The normalized spacial score (nSPS) is 17.9. The molecule has 150 valence electrons. The van der Waals surface area contributed by atoms with E-state index in [-0.39, 0.29) is 27.8 Å². The molecular formula is C18H20ClFN4O4. The van der Waals surface area contributed by atoms with E-state index < -0.39 is 23.2 Å². The number of benzene rings is 1. The van der Waals surface area contributed by atoms with Crippen LogP contribution in [0.25, 0.3) is 10.9 Å². The number of nitrogen functional groups attached to an aromatic ring is 1. The number of carboxylic acid groups (broad SMARTS) is 1. The fraction of sp³-hybridized carbons (Fsp3) is 0.444. The summed E-state index contributed by atoms with van der Waals surface area (Å²) in [7, 11) is 1.98. The molecule has 1 aliphatic heterocycles. The lowest BCUT2D eigenvalue weighted by Gasteiger charge is -2.35. The van der Waals surface area contributed by atoms with Crippen LogP contribution in [0.2, 0.25) is 5.02 Å². The van der Waals surface area contributed by atoms with Crippen LogP contribution in [-0.4, -0.2) is 54.0 Å². The molecule has 10 heteroatoms. The Bertz CT molecular complexity index is 1030. The average Bonchev–Trinajstić information content (AvgIpc) is 3.47. The Labute approximate surface area is 164 Å². The first-order valence-electron chi connectivity index (χ1n) is 8.99. The molecule has 2 aliphatic rings. The molecule has 2 fully saturated rings.